The van der Waals surface area contributed by atoms with Crippen LogP contribution in [-0.2, 0) is 13.6 Å². The van der Waals surface area contributed by atoms with Crippen LogP contribution in [0.1, 0.15) is 5.69 Å². The molecule has 1 aromatic heterocycles. The average Bonchev–Trinajstić information content (AvgIpc) is 2.78. The van der Waals surface area contributed by atoms with Gasteiger partial charge in [-0.1, -0.05) is 12.1 Å². The van der Waals surface area contributed by atoms with E-state index in [4.69, 9.17) is 0 Å². The van der Waals surface area contributed by atoms with Crippen molar-refractivity contribution in [1.29, 1.82) is 0 Å². The van der Waals surface area contributed by atoms with Crippen LogP contribution in [-0.4, -0.2) is 30.3 Å². The van der Waals surface area contributed by atoms with Crippen molar-refractivity contribution in [2.75, 3.05) is 24.3 Å². The monoisotopic (exact) mass is 296 g/mol. The van der Waals surface area contributed by atoms with Gasteiger partial charge in [-0.3, -0.25) is 0 Å². The molecule has 2 rings (SSSR count). The molecule has 0 aliphatic heterocycles. The predicted octanol–water partition coefficient (Wildman–Crippen LogP) is 2.70. The molecule has 0 atom stereocenters. The average molecular weight is 296 g/mol. The second-order valence-corrected chi connectivity index (χ2v) is 4.73. The maximum absolute atomic E-state index is 12.4. The van der Waals surface area contributed by atoms with Crippen molar-refractivity contribution in [2.45, 2.75) is 13.2 Å². The lowest BCUT2D eigenvalue weighted by Gasteiger charge is -2.14. The molecular formula is C14H18F2N4O. The first kappa shape index (κ1) is 15.1. The van der Waals surface area contributed by atoms with Gasteiger partial charge in [0.15, 0.2) is 0 Å². The van der Waals surface area contributed by atoms with E-state index in [1.807, 2.05) is 30.6 Å². The van der Waals surface area contributed by atoms with E-state index in [2.05, 4.69) is 15.0 Å². The Labute approximate surface area is 122 Å². The number of hydrogen-bond donors (Lipinski definition) is 1. The van der Waals surface area contributed by atoms with Gasteiger partial charge in [0.25, 0.3) is 0 Å². The van der Waals surface area contributed by atoms with E-state index in [9.17, 15) is 8.78 Å². The maximum Gasteiger partial charge on any atom is 0.387 e. The first-order valence-electron chi connectivity index (χ1n) is 6.44. The largest absolute Gasteiger partial charge is 0.433 e. The summed E-state index contributed by atoms with van der Waals surface area (Å²) in [4.78, 5) is 6.20. The molecule has 0 radical (unpaired) electrons. The minimum absolute atomic E-state index is 0.127. The van der Waals surface area contributed by atoms with Crippen LogP contribution in [0, 0.1) is 0 Å². The molecule has 0 saturated heterocycles. The SMILES string of the molecule is CN(C)c1ncc(CNc2ccccc2OC(F)F)n1C. The lowest BCUT2D eigenvalue weighted by molar-refractivity contribution is -0.0493. The van der Waals surface area contributed by atoms with E-state index in [-0.39, 0.29) is 5.75 Å². The van der Waals surface area contributed by atoms with Crippen molar-refractivity contribution < 1.29 is 13.5 Å². The summed E-state index contributed by atoms with van der Waals surface area (Å²) in [6.45, 7) is -2.38. The van der Waals surface area contributed by atoms with Crippen LogP contribution in [0.5, 0.6) is 5.75 Å². The Hall–Kier alpha value is -2.31. The molecule has 0 saturated carbocycles. The number of hydrogen-bond acceptors (Lipinski definition) is 4. The summed E-state index contributed by atoms with van der Waals surface area (Å²) in [5.41, 5.74) is 1.45. The van der Waals surface area contributed by atoms with Gasteiger partial charge in [-0.2, -0.15) is 8.78 Å². The van der Waals surface area contributed by atoms with Crippen LogP contribution in [0.3, 0.4) is 0 Å². The molecule has 0 aliphatic carbocycles. The van der Waals surface area contributed by atoms with Crippen molar-refractivity contribution in [1.82, 2.24) is 9.55 Å². The van der Waals surface area contributed by atoms with Crippen LogP contribution in [0.15, 0.2) is 30.5 Å². The van der Waals surface area contributed by atoms with Gasteiger partial charge in [0.1, 0.15) is 5.75 Å². The fraction of sp³-hybridized carbons (Fsp3) is 0.357. The highest BCUT2D eigenvalue weighted by molar-refractivity contribution is 5.56. The Bertz CT molecular complexity index is 598. The molecule has 114 valence electrons. The van der Waals surface area contributed by atoms with E-state index in [0.29, 0.717) is 12.2 Å². The van der Waals surface area contributed by atoms with Gasteiger partial charge < -0.3 is 19.5 Å². The van der Waals surface area contributed by atoms with Crippen LogP contribution in [0.25, 0.3) is 0 Å². The van der Waals surface area contributed by atoms with Crippen molar-refractivity contribution >= 4 is 11.6 Å². The molecule has 0 aliphatic rings. The number of anilines is 2. The number of alkyl halides is 2. The summed E-state index contributed by atoms with van der Waals surface area (Å²) in [7, 11) is 5.72. The summed E-state index contributed by atoms with van der Waals surface area (Å²) in [6, 6.07) is 6.61. The lowest BCUT2D eigenvalue weighted by Crippen LogP contribution is -2.15. The maximum atomic E-state index is 12.4. The van der Waals surface area contributed by atoms with Gasteiger partial charge in [-0.05, 0) is 12.1 Å². The number of aromatic nitrogens is 2. The zero-order chi connectivity index (χ0) is 15.4. The van der Waals surface area contributed by atoms with Gasteiger partial charge in [-0.25, -0.2) is 4.98 Å². The van der Waals surface area contributed by atoms with E-state index in [0.717, 1.165) is 11.6 Å². The fourth-order valence-electron chi connectivity index (χ4n) is 2.01. The highest BCUT2D eigenvalue weighted by atomic mass is 19.3. The van der Waals surface area contributed by atoms with Gasteiger partial charge in [0.05, 0.1) is 24.1 Å². The quantitative estimate of drug-likeness (QED) is 0.890. The molecule has 1 N–H and O–H groups in total. The minimum Gasteiger partial charge on any atom is -0.433 e. The molecule has 0 spiro atoms. The number of benzene rings is 1. The number of halogens is 2. The third-order valence-corrected chi connectivity index (χ3v) is 3.02. The highest BCUT2D eigenvalue weighted by Crippen LogP contribution is 2.26. The van der Waals surface area contributed by atoms with Gasteiger partial charge in [0.2, 0.25) is 5.95 Å². The zero-order valence-corrected chi connectivity index (χ0v) is 12.2. The first-order chi connectivity index (χ1) is 9.99. The number of para-hydroxylation sites is 2. The summed E-state index contributed by atoms with van der Waals surface area (Å²) in [6.07, 6.45) is 1.75. The zero-order valence-electron chi connectivity index (χ0n) is 12.2. The Morgan fingerprint density at radius 1 is 1.33 bits per heavy atom. The lowest BCUT2D eigenvalue weighted by atomic mass is 10.3. The predicted molar refractivity (Wildman–Crippen MR) is 77.9 cm³/mol. The van der Waals surface area contributed by atoms with Crippen LogP contribution < -0.4 is 15.0 Å². The topological polar surface area (TPSA) is 42.3 Å². The Morgan fingerprint density at radius 2 is 2.05 bits per heavy atom. The molecule has 7 heteroatoms. The molecule has 1 aromatic carbocycles. The third kappa shape index (κ3) is 3.62. The van der Waals surface area contributed by atoms with E-state index in [1.165, 1.54) is 6.07 Å². The minimum atomic E-state index is -2.84. The number of nitrogens with zero attached hydrogens (tertiary/aromatic N) is 3. The molecule has 2 aromatic rings. The molecule has 0 unspecified atom stereocenters. The van der Waals surface area contributed by atoms with Crippen LogP contribution in [0.2, 0.25) is 0 Å². The van der Waals surface area contributed by atoms with E-state index in [1.54, 1.807) is 24.4 Å². The molecule has 21 heavy (non-hydrogen) atoms. The number of nitrogens with one attached hydrogen (secondary N) is 1. The molecule has 0 amide bonds. The van der Waals surface area contributed by atoms with Crippen LogP contribution >= 0.6 is 0 Å². The summed E-state index contributed by atoms with van der Waals surface area (Å²) in [5, 5.41) is 3.09. The second kappa shape index (κ2) is 6.43. The van der Waals surface area contributed by atoms with Crippen molar-refractivity contribution in [3.63, 3.8) is 0 Å². The summed E-state index contributed by atoms with van der Waals surface area (Å²) in [5.74, 6) is 0.950. The standard InChI is InChI=1S/C14H18F2N4O/c1-19(2)14-18-9-10(20(14)3)8-17-11-6-4-5-7-12(11)21-13(15)16/h4-7,9,13,17H,8H2,1-3H3. The normalized spacial score (nSPS) is 10.8. The number of rotatable bonds is 6. The first-order valence-corrected chi connectivity index (χ1v) is 6.44. The van der Waals surface area contributed by atoms with Gasteiger partial charge in [-0.15, -0.1) is 0 Å². The molecule has 0 bridgehead atoms. The smallest absolute Gasteiger partial charge is 0.387 e. The molecule has 0 fully saturated rings. The van der Waals surface area contributed by atoms with Crippen LogP contribution in [0.4, 0.5) is 20.4 Å². The molecule has 5 nitrogen and oxygen atoms in total. The third-order valence-electron chi connectivity index (χ3n) is 3.02. The molecule has 1 heterocycles. The summed E-state index contributed by atoms with van der Waals surface area (Å²) >= 11 is 0. The van der Waals surface area contributed by atoms with Crippen molar-refractivity contribution in [3.8, 4) is 5.75 Å². The Balaban J connectivity index is 2.10. The fourth-order valence-corrected chi connectivity index (χ4v) is 2.01. The van der Waals surface area contributed by atoms with E-state index >= 15 is 0 Å². The Kier molecular flexibility index (Phi) is 4.62. The van der Waals surface area contributed by atoms with E-state index < -0.39 is 6.61 Å². The summed E-state index contributed by atoms with van der Waals surface area (Å²) < 4.78 is 31.1. The highest BCUT2D eigenvalue weighted by Gasteiger charge is 2.11. The molecular weight excluding hydrogens is 278 g/mol. The van der Waals surface area contributed by atoms with Crippen molar-refractivity contribution in [2.24, 2.45) is 7.05 Å². The Morgan fingerprint density at radius 3 is 2.67 bits per heavy atom. The number of imidazole rings is 1. The second-order valence-electron chi connectivity index (χ2n) is 4.73. The number of ether oxygens (including phenoxy) is 1. The van der Waals surface area contributed by atoms with Gasteiger partial charge in [0, 0.05) is 21.1 Å². The van der Waals surface area contributed by atoms with Gasteiger partial charge >= 0.3 is 6.61 Å². The van der Waals surface area contributed by atoms with Crippen molar-refractivity contribution in [3.05, 3.63) is 36.2 Å².